The average Bonchev–Trinajstić information content (AvgIpc) is 3.21. The summed E-state index contributed by atoms with van der Waals surface area (Å²) in [5.41, 5.74) is 5.88. The largest absolute Gasteiger partial charge is 0.508 e. The number of rotatable bonds is 5. The van der Waals surface area contributed by atoms with E-state index in [0.29, 0.717) is 16.8 Å². The molecule has 0 aliphatic heterocycles. The molecule has 0 saturated heterocycles. The van der Waals surface area contributed by atoms with E-state index in [9.17, 15) is 9.90 Å². The van der Waals surface area contributed by atoms with Crippen molar-refractivity contribution in [1.29, 1.82) is 0 Å². The Morgan fingerprint density at radius 2 is 1.69 bits per heavy atom. The number of carbonyl (C=O) groups excluding carboxylic acids is 1. The number of hydrogen-bond donors (Lipinski definition) is 2. The van der Waals surface area contributed by atoms with Gasteiger partial charge in [0.05, 0.1) is 17.5 Å². The van der Waals surface area contributed by atoms with Crippen molar-refractivity contribution in [3.63, 3.8) is 0 Å². The lowest BCUT2D eigenvalue weighted by atomic mass is 10.1. The van der Waals surface area contributed by atoms with Crippen LogP contribution in [0, 0.1) is 0 Å². The maximum Gasteiger partial charge on any atom is 0.275 e. The Bertz CT molecular complexity index is 1150. The van der Waals surface area contributed by atoms with E-state index in [4.69, 9.17) is 0 Å². The first-order chi connectivity index (χ1) is 14.2. The van der Waals surface area contributed by atoms with Crippen molar-refractivity contribution in [3.05, 3.63) is 102 Å². The molecular formula is C23H18N4O2. The highest BCUT2D eigenvalue weighted by Gasteiger charge is 2.18. The fourth-order valence-corrected chi connectivity index (χ4v) is 2.89. The van der Waals surface area contributed by atoms with E-state index in [1.54, 1.807) is 35.1 Å². The lowest BCUT2D eigenvalue weighted by Crippen LogP contribution is -2.17. The lowest BCUT2D eigenvalue weighted by molar-refractivity contribution is 0.0955. The first-order valence-corrected chi connectivity index (χ1v) is 9.04. The molecule has 0 saturated carbocycles. The Morgan fingerprint density at radius 3 is 2.41 bits per heavy atom. The third-order valence-electron chi connectivity index (χ3n) is 4.28. The number of aromatic hydroxyl groups is 1. The molecule has 1 aromatic heterocycles. The summed E-state index contributed by atoms with van der Waals surface area (Å²) in [4.78, 5) is 12.8. The summed E-state index contributed by atoms with van der Waals surface area (Å²) < 4.78 is 1.68. The zero-order chi connectivity index (χ0) is 20.1. The van der Waals surface area contributed by atoms with Crippen molar-refractivity contribution >= 4 is 12.1 Å². The number of para-hydroxylation sites is 1. The molecule has 3 aromatic carbocycles. The Labute approximate surface area is 167 Å². The lowest BCUT2D eigenvalue weighted by Gasteiger charge is -2.01. The van der Waals surface area contributed by atoms with Gasteiger partial charge in [-0.15, -0.1) is 0 Å². The molecule has 0 unspecified atom stereocenters. The summed E-state index contributed by atoms with van der Waals surface area (Å²) in [5, 5.41) is 18.1. The van der Waals surface area contributed by atoms with Crippen molar-refractivity contribution in [2.24, 2.45) is 5.10 Å². The molecule has 0 aliphatic rings. The first-order valence-electron chi connectivity index (χ1n) is 9.04. The predicted molar refractivity (Wildman–Crippen MR) is 112 cm³/mol. The highest BCUT2D eigenvalue weighted by atomic mass is 16.3. The van der Waals surface area contributed by atoms with Crippen LogP contribution in [0.2, 0.25) is 0 Å². The van der Waals surface area contributed by atoms with E-state index in [2.05, 4.69) is 15.6 Å². The molecule has 6 heteroatoms. The van der Waals surface area contributed by atoms with Gasteiger partial charge in [0, 0.05) is 11.8 Å². The molecule has 0 aliphatic carbocycles. The van der Waals surface area contributed by atoms with Crippen LogP contribution in [-0.4, -0.2) is 27.0 Å². The predicted octanol–water partition coefficient (Wildman–Crippen LogP) is 4.01. The van der Waals surface area contributed by atoms with Gasteiger partial charge in [-0.2, -0.15) is 10.2 Å². The van der Waals surface area contributed by atoms with Gasteiger partial charge in [-0.25, -0.2) is 10.1 Å². The van der Waals surface area contributed by atoms with Crippen LogP contribution >= 0.6 is 0 Å². The molecule has 0 atom stereocenters. The van der Waals surface area contributed by atoms with E-state index in [1.807, 2.05) is 60.7 Å². The second kappa shape index (κ2) is 8.22. The van der Waals surface area contributed by atoms with Gasteiger partial charge in [-0.3, -0.25) is 4.79 Å². The van der Waals surface area contributed by atoms with Crippen molar-refractivity contribution in [1.82, 2.24) is 15.2 Å². The normalized spacial score (nSPS) is 10.9. The standard InChI is InChI=1S/C23H18N4O2/c28-20-13-7-8-17(14-20)15-24-25-23(29)21-16-27(19-11-5-2-6-12-19)26-22(21)18-9-3-1-4-10-18/h1-16,28H,(H,25,29)/b24-15-. The number of nitrogens with zero attached hydrogens (tertiary/aromatic N) is 3. The van der Waals surface area contributed by atoms with Gasteiger partial charge in [0.25, 0.3) is 5.91 Å². The number of phenolic OH excluding ortho intramolecular Hbond substituents is 1. The minimum Gasteiger partial charge on any atom is -0.508 e. The van der Waals surface area contributed by atoms with Crippen LogP contribution < -0.4 is 5.43 Å². The van der Waals surface area contributed by atoms with Crippen LogP contribution in [-0.2, 0) is 0 Å². The third-order valence-corrected chi connectivity index (χ3v) is 4.28. The van der Waals surface area contributed by atoms with Gasteiger partial charge in [0.1, 0.15) is 11.4 Å². The number of amides is 1. The van der Waals surface area contributed by atoms with Crippen LogP contribution in [0.4, 0.5) is 0 Å². The number of nitrogens with one attached hydrogen (secondary N) is 1. The quantitative estimate of drug-likeness (QED) is 0.404. The monoisotopic (exact) mass is 382 g/mol. The molecule has 4 rings (SSSR count). The SMILES string of the molecule is O=C(N/N=C\c1cccc(O)c1)c1cn(-c2ccccc2)nc1-c1ccccc1. The molecule has 6 nitrogen and oxygen atoms in total. The van der Waals surface area contributed by atoms with E-state index in [1.165, 1.54) is 6.21 Å². The average molecular weight is 382 g/mol. The molecule has 4 aromatic rings. The summed E-state index contributed by atoms with van der Waals surface area (Å²) in [6, 6.07) is 25.7. The number of carbonyl (C=O) groups is 1. The van der Waals surface area contributed by atoms with Crippen LogP contribution in [0.3, 0.4) is 0 Å². The number of aromatic nitrogens is 2. The van der Waals surface area contributed by atoms with E-state index < -0.39 is 0 Å². The Morgan fingerprint density at radius 1 is 0.966 bits per heavy atom. The first kappa shape index (κ1) is 18.2. The summed E-state index contributed by atoms with van der Waals surface area (Å²) in [6.45, 7) is 0. The van der Waals surface area contributed by atoms with E-state index in [0.717, 1.165) is 11.3 Å². The number of benzene rings is 3. The Hall–Kier alpha value is -4.19. The second-order valence-electron chi connectivity index (χ2n) is 6.33. The summed E-state index contributed by atoms with van der Waals surface area (Å²) in [6.07, 6.45) is 3.16. The Kier molecular flexibility index (Phi) is 5.16. The summed E-state index contributed by atoms with van der Waals surface area (Å²) in [7, 11) is 0. The van der Waals surface area contributed by atoms with E-state index >= 15 is 0 Å². The van der Waals surface area contributed by atoms with Crippen LogP contribution in [0.25, 0.3) is 16.9 Å². The molecule has 0 fully saturated rings. The highest BCUT2D eigenvalue weighted by molar-refractivity contribution is 6.00. The van der Waals surface area contributed by atoms with Gasteiger partial charge >= 0.3 is 0 Å². The number of phenols is 1. The molecule has 0 radical (unpaired) electrons. The van der Waals surface area contributed by atoms with Crippen molar-refractivity contribution in [3.8, 4) is 22.7 Å². The zero-order valence-corrected chi connectivity index (χ0v) is 15.4. The van der Waals surface area contributed by atoms with Crippen LogP contribution in [0.5, 0.6) is 5.75 Å². The molecule has 0 spiro atoms. The smallest absolute Gasteiger partial charge is 0.275 e. The molecule has 142 valence electrons. The number of hydrogen-bond acceptors (Lipinski definition) is 4. The van der Waals surface area contributed by atoms with Crippen molar-refractivity contribution < 1.29 is 9.90 Å². The fourth-order valence-electron chi connectivity index (χ4n) is 2.89. The van der Waals surface area contributed by atoms with Crippen LogP contribution in [0.15, 0.2) is 96.2 Å². The van der Waals surface area contributed by atoms with Gasteiger partial charge in [0.15, 0.2) is 0 Å². The van der Waals surface area contributed by atoms with Gasteiger partial charge in [0.2, 0.25) is 0 Å². The second-order valence-corrected chi connectivity index (χ2v) is 6.33. The Balaban J connectivity index is 1.64. The van der Waals surface area contributed by atoms with E-state index in [-0.39, 0.29) is 11.7 Å². The molecule has 1 heterocycles. The molecular weight excluding hydrogens is 364 g/mol. The summed E-state index contributed by atoms with van der Waals surface area (Å²) in [5.74, 6) is -0.238. The molecule has 1 amide bonds. The number of hydrazone groups is 1. The topological polar surface area (TPSA) is 79.5 Å². The zero-order valence-electron chi connectivity index (χ0n) is 15.4. The summed E-state index contributed by atoms with van der Waals surface area (Å²) >= 11 is 0. The maximum atomic E-state index is 12.8. The van der Waals surface area contributed by atoms with Crippen molar-refractivity contribution in [2.75, 3.05) is 0 Å². The maximum absolute atomic E-state index is 12.8. The molecule has 2 N–H and O–H groups in total. The molecule has 29 heavy (non-hydrogen) atoms. The van der Waals surface area contributed by atoms with Gasteiger partial charge in [-0.1, -0.05) is 60.7 Å². The molecule has 0 bridgehead atoms. The van der Waals surface area contributed by atoms with Gasteiger partial charge < -0.3 is 5.11 Å². The minimum atomic E-state index is -0.373. The van der Waals surface area contributed by atoms with Crippen LogP contribution in [0.1, 0.15) is 15.9 Å². The third kappa shape index (κ3) is 4.22. The van der Waals surface area contributed by atoms with Crippen molar-refractivity contribution in [2.45, 2.75) is 0 Å². The highest BCUT2D eigenvalue weighted by Crippen LogP contribution is 2.23. The fraction of sp³-hybridized carbons (Fsp3) is 0. The van der Waals surface area contributed by atoms with Gasteiger partial charge in [-0.05, 0) is 29.8 Å². The minimum absolute atomic E-state index is 0.135.